The normalized spacial score (nSPS) is 16.1. The van der Waals surface area contributed by atoms with Crippen molar-refractivity contribution in [2.24, 2.45) is 4.99 Å². The van der Waals surface area contributed by atoms with Crippen LogP contribution in [0.15, 0.2) is 47.5 Å². The number of aliphatic hydroxyl groups excluding tert-OH is 1. The van der Waals surface area contributed by atoms with Gasteiger partial charge in [-0.15, -0.1) is 24.0 Å². The molecule has 0 saturated carbocycles. The molecule has 174 valence electrons. The van der Waals surface area contributed by atoms with E-state index in [4.69, 9.17) is 9.47 Å². The zero-order chi connectivity index (χ0) is 21.5. The van der Waals surface area contributed by atoms with E-state index in [9.17, 15) is 5.11 Å². The van der Waals surface area contributed by atoms with Crippen molar-refractivity contribution in [2.75, 3.05) is 39.5 Å². The highest BCUT2D eigenvalue weighted by Crippen LogP contribution is 2.32. The second kappa shape index (κ2) is 12.3. The van der Waals surface area contributed by atoms with E-state index in [1.807, 2.05) is 19.1 Å². The molecular weight excluding hydrogens is 519 g/mol. The predicted molar refractivity (Wildman–Crippen MR) is 137 cm³/mol. The van der Waals surface area contributed by atoms with Crippen LogP contribution in [0, 0.1) is 0 Å². The van der Waals surface area contributed by atoms with Crippen LogP contribution in [0.2, 0.25) is 0 Å². The van der Waals surface area contributed by atoms with Crippen LogP contribution in [-0.4, -0.2) is 61.6 Å². The molecule has 8 heteroatoms. The van der Waals surface area contributed by atoms with Gasteiger partial charge in [0.2, 0.25) is 6.79 Å². The molecule has 0 bridgehead atoms. The predicted octanol–water partition coefficient (Wildman–Crippen LogP) is 2.55. The number of nitrogens with one attached hydrogen (secondary N) is 2. The third-order valence-electron chi connectivity index (χ3n) is 5.63. The van der Waals surface area contributed by atoms with Crippen LogP contribution in [0.3, 0.4) is 0 Å². The van der Waals surface area contributed by atoms with E-state index >= 15 is 0 Å². The Bertz CT molecular complexity index is 909. The molecule has 0 spiro atoms. The zero-order valence-electron chi connectivity index (χ0n) is 18.5. The number of benzene rings is 2. The number of β-amino-alcohol motifs (C(OH)–C–C–N with tert-alkyl or cyclic N) is 1. The van der Waals surface area contributed by atoms with Gasteiger partial charge >= 0.3 is 0 Å². The Kier molecular flexibility index (Phi) is 9.43. The van der Waals surface area contributed by atoms with Gasteiger partial charge in [0.15, 0.2) is 17.5 Å². The van der Waals surface area contributed by atoms with Crippen LogP contribution in [0.1, 0.15) is 23.6 Å². The average molecular weight is 552 g/mol. The molecule has 1 atom stereocenters. The van der Waals surface area contributed by atoms with Crippen molar-refractivity contribution < 1.29 is 14.6 Å². The standard InChI is InChI=1S/C24H32N4O3.HI/c1-2-25-24(26-11-9-18-7-8-22-23(13-18)31-17-30-22)27-14-21(29)16-28-12-10-19-5-3-4-6-20(19)15-28;/h3-8,13,21,29H,2,9-12,14-17H2,1H3,(H2,25,26,27);1H. The lowest BCUT2D eigenvalue weighted by Gasteiger charge is -2.30. The monoisotopic (exact) mass is 552 g/mol. The molecule has 3 N–H and O–H groups in total. The molecule has 2 aromatic carbocycles. The van der Waals surface area contributed by atoms with E-state index in [2.05, 4.69) is 50.9 Å². The van der Waals surface area contributed by atoms with Gasteiger partial charge < -0.3 is 25.2 Å². The quantitative estimate of drug-likeness (QED) is 0.266. The summed E-state index contributed by atoms with van der Waals surface area (Å²) in [5.74, 6) is 2.34. The Morgan fingerprint density at radius 1 is 1.12 bits per heavy atom. The minimum absolute atomic E-state index is 0. The smallest absolute Gasteiger partial charge is 0.231 e. The maximum atomic E-state index is 10.5. The maximum absolute atomic E-state index is 10.5. The lowest BCUT2D eigenvalue weighted by Crippen LogP contribution is -2.40. The number of halogens is 1. The van der Waals surface area contributed by atoms with Crippen molar-refractivity contribution in [3.05, 3.63) is 59.2 Å². The number of hydrogen-bond donors (Lipinski definition) is 3. The molecule has 0 aromatic heterocycles. The molecule has 0 radical (unpaired) electrons. The number of aliphatic hydroxyl groups is 1. The van der Waals surface area contributed by atoms with Crippen molar-refractivity contribution in [3.8, 4) is 11.5 Å². The van der Waals surface area contributed by atoms with Crippen LogP contribution in [0.25, 0.3) is 0 Å². The molecule has 2 aliphatic heterocycles. The summed E-state index contributed by atoms with van der Waals surface area (Å²) in [6, 6.07) is 14.6. The number of rotatable bonds is 8. The summed E-state index contributed by atoms with van der Waals surface area (Å²) >= 11 is 0. The van der Waals surface area contributed by atoms with Crippen molar-refractivity contribution in [3.63, 3.8) is 0 Å². The molecule has 2 heterocycles. The number of aliphatic imine (C=N–C) groups is 1. The minimum Gasteiger partial charge on any atom is -0.454 e. The largest absolute Gasteiger partial charge is 0.454 e. The molecular formula is C24H33IN4O3. The van der Waals surface area contributed by atoms with Gasteiger partial charge in [-0.05, 0) is 48.6 Å². The topological polar surface area (TPSA) is 78.4 Å². The third-order valence-corrected chi connectivity index (χ3v) is 5.63. The second-order valence-corrected chi connectivity index (χ2v) is 7.99. The number of nitrogens with zero attached hydrogens (tertiary/aromatic N) is 2. The highest BCUT2D eigenvalue weighted by molar-refractivity contribution is 14.0. The number of fused-ring (bicyclic) bond motifs is 2. The van der Waals surface area contributed by atoms with Gasteiger partial charge in [0.25, 0.3) is 0 Å². The third kappa shape index (κ3) is 6.73. The van der Waals surface area contributed by atoms with Crippen molar-refractivity contribution in [1.82, 2.24) is 15.5 Å². The summed E-state index contributed by atoms with van der Waals surface area (Å²) in [6.45, 7) is 6.72. The first-order valence-electron chi connectivity index (χ1n) is 11.1. The summed E-state index contributed by atoms with van der Waals surface area (Å²) in [5.41, 5.74) is 3.97. The molecule has 4 rings (SSSR count). The van der Waals surface area contributed by atoms with Crippen molar-refractivity contribution in [2.45, 2.75) is 32.4 Å². The Morgan fingerprint density at radius 3 is 2.78 bits per heavy atom. The zero-order valence-corrected chi connectivity index (χ0v) is 20.9. The average Bonchev–Trinajstić information content (AvgIpc) is 3.25. The van der Waals surface area contributed by atoms with Crippen LogP contribution in [0.4, 0.5) is 0 Å². The van der Waals surface area contributed by atoms with Crippen molar-refractivity contribution in [1.29, 1.82) is 0 Å². The van der Waals surface area contributed by atoms with Crippen LogP contribution >= 0.6 is 24.0 Å². The van der Waals surface area contributed by atoms with E-state index in [0.717, 1.165) is 56.5 Å². The molecule has 7 nitrogen and oxygen atoms in total. The first-order valence-corrected chi connectivity index (χ1v) is 11.1. The van der Waals surface area contributed by atoms with Gasteiger partial charge in [-0.2, -0.15) is 0 Å². The SMILES string of the molecule is CCNC(=NCC(O)CN1CCc2ccccc2C1)NCCc1ccc2c(c1)OCO2.I. The summed E-state index contributed by atoms with van der Waals surface area (Å²) in [7, 11) is 0. The van der Waals surface area contributed by atoms with Crippen LogP contribution < -0.4 is 20.1 Å². The highest BCUT2D eigenvalue weighted by atomic mass is 127. The highest BCUT2D eigenvalue weighted by Gasteiger charge is 2.18. The molecule has 0 amide bonds. The van der Waals surface area contributed by atoms with E-state index in [0.29, 0.717) is 19.9 Å². The van der Waals surface area contributed by atoms with Gasteiger partial charge in [0, 0.05) is 32.7 Å². The molecule has 32 heavy (non-hydrogen) atoms. The van der Waals surface area contributed by atoms with E-state index < -0.39 is 6.10 Å². The maximum Gasteiger partial charge on any atom is 0.231 e. The first kappa shape index (κ1) is 24.6. The second-order valence-electron chi connectivity index (χ2n) is 7.99. The van der Waals surface area contributed by atoms with Gasteiger partial charge in [0.1, 0.15) is 0 Å². The van der Waals surface area contributed by atoms with E-state index in [1.54, 1.807) is 0 Å². The Labute approximate surface area is 207 Å². The van der Waals surface area contributed by atoms with Gasteiger partial charge in [-0.25, -0.2) is 0 Å². The van der Waals surface area contributed by atoms with Gasteiger partial charge in [-0.3, -0.25) is 9.89 Å². The summed E-state index contributed by atoms with van der Waals surface area (Å²) < 4.78 is 10.8. The number of ether oxygens (including phenoxy) is 2. The Hall–Kier alpha value is -2.04. The lowest BCUT2D eigenvalue weighted by atomic mass is 10.00. The summed E-state index contributed by atoms with van der Waals surface area (Å²) in [4.78, 5) is 6.89. The van der Waals surface area contributed by atoms with E-state index in [1.165, 1.54) is 16.7 Å². The Morgan fingerprint density at radius 2 is 1.94 bits per heavy atom. The molecule has 2 aliphatic rings. The van der Waals surface area contributed by atoms with E-state index in [-0.39, 0.29) is 24.0 Å². The van der Waals surface area contributed by atoms with Gasteiger partial charge in [-0.1, -0.05) is 30.3 Å². The van der Waals surface area contributed by atoms with Gasteiger partial charge in [0.05, 0.1) is 12.6 Å². The molecule has 0 fully saturated rings. The lowest BCUT2D eigenvalue weighted by molar-refractivity contribution is 0.111. The summed E-state index contributed by atoms with van der Waals surface area (Å²) in [6.07, 6.45) is 1.39. The fourth-order valence-electron chi connectivity index (χ4n) is 4.03. The molecule has 2 aromatic rings. The first-order chi connectivity index (χ1) is 15.2. The summed E-state index contributed by atoms with van der Waals surface area (Å²) in [5, 5.41) is 17.1. The number of guanidine groups is 1. The minimum atomic E-state index is -0.491. The molecule has 0 saturated heterocycles. The van der Waals surface area contributed by atoms with Crippen molar-refractivity contribution >= 4 is 29.9 Å². The fraction of sp³-hybridized carbons (Fsp3) is 0.458. The van der Waals surface area contributed by atoms with Crippen LogP contribution in [-0.2, 0) is 19.4 Å². The van der Waals surface area contributed by atoms with Crippen LogP contribution in [0.5, 0.6) is 11.5 Å². The number of hydrogen-bond acceptors (Lipinski definition) is 5. The molecule has 0 aliphatic carbocycles. The Balaban J connectivity index is 0.00000289. The fourth-order valence-corrected chi connectivity index (χ4v) is 4.03. The molecule has 1 unspecified atom stereocenters.